The third kappa shape index (κ3) is 1.85. The molecule has 1 heterocycles. The van der Waals surface area contributed by atoms with E-state index in [1.165, 1.54) is 12.1 Å². The summed E-state index contributed by atoms with van der Waals surface area (Å²) < 4.78 is 0. The van der Waals surface area contributed by atoms with Crippen molar-refractivity contribution in [2.45, 2.75) is 0 Å². The van der Waals surface area contributed by atoms with Crippen LogP contribution in [0.5, 0.6) is 5.75 Å². The van der Waals surface area contributed by atoms with Crippen LogP contribution in [0.4, 0.5) is 0 Å². The third-order valence-corrected chi connectivity index (χ3v) is 2.19. The van der Waals surface area contributed by atoms with Gasteiger partial charge in [-0.05, 0) is 23.7 Å². The second-order valence-corrected chi connectivity index (χ2v) is 3.46. The molecule has 0 radical (unpaired) electrons. The van der Waals surface area contributed by atoms with Gasteiger partial charge in [0.25, 0.3) is 0 Å². The molecule has 16 heavy (non-hydrogen) atoms. The van der Waals surface area contributed by atoms with E-state index in [1.807, 2.05) is 0 Å². The third-order valence-electron chi connectivity index (χ3n) is 2.01. The molecule has 1 aromatic heterocycles. The number of carboxylic acid groups (broad SMARTS) is 1. The Labute approximate surface area is 95.3 Å². The number of aromatic nitrogens is 2. The number of rotatable bonds is 2. The summed E-state index contributed by atoms with van der Waals surface area (Å²) >= 11 is 5.61. The van der Waals surface area contributed by atoms with Crippen molar-refractivity contribution >= 4 is 17.6 Å². The Kier molecular flexibility index (Phi) is 2.54. The zero-order valence-electron chi connectivity index (χ0n) is 7.94. The molecular weight excluding hydrogens is 232 g/mol. The van der Waals surface area contributed by atoms with Gasteiger partial charge in [0.05, 0.1) is 0 Å². The summed E-state index contributed by atoms with van der Waals surface area (Å²) in [7, 11) is 0. The SMILES string of the molecule is O=C(O)c1[nH]c(Cl)nc1-c1cccc(O)c1. The Morgan fingerprint density at radius 2 is 2.19 bits per heavy atom. The first-order valence-electron chi connectivity index (χ1n) is 4.36. The van der Waals surface area contributed by atoms with Gasteiger partial charge in [0, 0.05) is 5.56 Å². The maximum Gasteiger partial charge on any atom is 0.354 e. The minimum absolute atomic E-state index is 0.00394. The van der Waals surface area contributed by atoms with Crippen molar-refractivity contribution in [2.75, 3.05) is 0 Å². The lowest BCUT2D eigenvalue weighted by Gasteiger charge is -1.99. The molecule has 6 heteroatoms. The first-order valence-corrected chi connectivity index (χ1v) is 4.74. The maximum absolute atomic E-state index is 10.9. The predicted molar refractivity (Wildman–Crippen MR) is 57.7 cm³/mol. The van der Waals surface area contributed by atoms with Gasteiger partial charge in [-0.15, -0.1) is 0 Å². The molecule has 0 amide bonds. The van der Waals surface area contributed by atoms with E-state index >= 15 is 0 Å². The second-order valence-electron chi connectivity index (χ2n) is 3.11. The molecule has 5 nitrogen and oxygen atoms in total. The second kappa shape index (κ2) is 3.86. The van der Waals surface area contributed by atoms with Gasteiger partial charge >= 0.3 is 5.97 Å². The fraction of sp³-hybridized carbons (Fsp3) is 0. The number of aromatic hydroxyl groups is 1. The van der Waals surface area contributed by atoms with Crippen LogP contribution in [-0.4, -0.2) is 26.2 Å². The molecule has 0 aliphatic carbocycles. The number of halogens is 1. The molecule has 82 valence electrons. The number of nitrogens with one attached hydrogen (secondary N) is 1. The molecule has 3 N–H and O–H groups in total. The van der Waals surface area contributed by atoms with E-state index in [0.717, 1.165) is 0 Å². The zero-order chi connectivity index (χ0) is 11.7. The molecule has 2 rings (SSSR count). The Hall–Kier alpha value is -2.01. The summed E-state index contributed by atoms with van der Waals surface area (Å²) in [5.74, 6) is -1.12. The number of hydrogen-bond acceptors (Lipinski definition) is 3. The number of benzene rings is 1. The van der Waals surface area contributed by atoms with Gasteiger partial charge < -0.3 is 15.2 Å². The highest BCUT2D eigenvalue weighted by molar-refractivity contribution is 6.28. The number of imidazole rings is 1. The minimum atomic E-state index is -1.15. The van der Waals surface area contributed by atoms with Crippen molar-refractivity contribution in [3.63, 3.8) is 0 Å². The fourth-order valence-corrected chi connectivity index (χ4v) is 1.54. The van der Waals surface area contributed by atoms with Crippen molar-refractivity contribution in [1.29, 1.82) is 0 Å². The number of carboxylic acids is 1. The predicted octanol–water partition coefficient (Wildman–Crippen LogP) is 2.13. The van der Waals surface area contributed by atoms with Crippen molar-refractivity contribution in [1.82, 2.24) is 9.97 Å². The van der Waals surface area contributed by atoms with Crippen molar-refractivity contribution in [2.24, 2.45) is 0 Å². The average Bonchev–Trinajstić information content (AvgIpc) is 2.60. The lowest BCUT2D eigenvalue weighted by Crippen LogP contribution is -1.98. The van der Waals surface area contributed by atoms with E-state index in [0.29, 0.717) is 5.56 Å². The highest BCUT2D eigenvalue weighted by atomic mass is 35.5. The summed E-state index contributed by atoms with van der Waals surface area (Å²) in [5, 5.41) is 18.2. The normalized spacial score (nSPS) is 10.3. The number of phenolic OH excluding ortho intramolecular Hbond substituents is 1. The summed E-state index contributed by atoms with van der Waals surface area (Å²) in [4.78, 5) is 17.2. The van der Waals surface area contributed by atoms with Crippen LogP contribution in [0.25, 0.3) is 11.3 Å². The molecule has 0 unspecified atom stereocenters. The monoisotopic (exact) mass is 238 g/mol. The van der Waals surface area contributed by atoms with Crippen LogP contribution in [-0.2, 0) is 0 Å². The van der Waals surface area contributed by atoms with Crippen molar-refractivity contribution in [3.8, 4) is 17.0 Å². The van der Waals surface area contributed by atoms with Gasteiger partial charge in [0.2, 0.25) is 5.28 Å². The topological polar surface area (TPSA) is 86.2 Å². The summed E-state index contributed by atoms with van der Waals surface area (Å²) in [6.07, 6.45) is 0. The molecule has 0 saturated carbocycles. The van der Waals surface area contributed by atoms with Crippen LogP contribution in [0.2, 0.25) is 5.28 Å². The highest BCUT2D eigenvalue weighted by Gasteiger charge is 2.17. The molecular formula is C10H7ClN2O3. The molecule has 0 aliphatic rings. The van der Waals surface area contributed by atoms with Crippen LogP contribution >= 0.6 is 11.6 Å². The van der Waals surface area contributed by atoms with Gasteiger partial charge in [0.1, 0.15) is 11.4 Å². The van der Waals surface area contributed by atoms with E-state index in [1.54, 1.807) is 12.1 Å². The zero-order valence-corrected chi connectivity index (χ0v) is 8.69. The minimum Gasteiger partial charge on any atom is -0.508 e. The largest absolute Gasteiger partial charge is 0.508 e. The van der Waals surface area contributed by atoms with E-state index in [-0.39, 0.29) is 22.4 Å². The molecule has 0 bridgehead atoms. The first kappa shape index (κ1) is 10.5. The standard InChI is InChI=1S/C10H7ClN2O3/c11-10-12-7(8(13-10)9(15)16)5-2-1-3-6(14)4-5/h1-4,14H,(H,12,13)(H,15,16). The lowest BCUT2D eigenvalue weighted by atomic mass is 10.1. The molecule has 0 spiro atoms. The van der Waals surface area contributed by atoms with Crippen molar-refractivity contribution in [3.05, 3.63) is 35.2 Å². The number of carbonyl (C=O) groups is 1. The van der Waals surface area contributed by atoms with Crippen molar-refractivity contribution < 1.29 is 15.0 Å². The van der Waals surface area contributed by atoms with Gasteiger partial charge in [-0.25, -0.2) is 9.78 Å². The van der Waals surface area contributed by atoms with Crippen LogP contribution in [0.1, 0.15) is 10.5 Å². The Balaban J connectivity index is 2.59. The van der Waals surface area contributed by atoms with E-state index in [9.17, 15) is 9.90 Å². The average molecular weight is 239 g/mol. The molecule has 1 aromatic carbocycles. The lowest BCUT2D eigenvalue weighted by molar-refractivity contribution is 0.0692. The Morgan fingerprint density at radius 1 is 1.44 bits per heavy atom. The van der Waals surface area contributed by atoms with Gasteiger partial charge in [-0.3, -0.25) is 0 Å². The number of phenols is 1. The first-order chi connectivity index (χ1) is 7.58. The van der Waals surface area contributed by atoms with E-state index in [2.05, 4.69) is 9.97 Å². The number of aromatic carboxylic acids is 1. The highest BCUT2D eigenvalue weighted by Crippen LogP contribution is 2.26. The molecule has 2 aromatic rings. The van der Waals surface area contributed by atoms with Crippen LogP contribution in [0.3, 0.4) is 0 Å². The van der Waals surface area contributed by atoms with Crippen LogP contribution in [0, 0.1) is 0 Å². The molecule has 0 fully saturated rings. The number of hydrogen-bond donors (Lipinski definition) is 3. The Morgan fingerprint density at radius 3 is 2.81 bits per heavy atom. The number of nitrogens with zero attached hydrogens (tertiary/aromatic N) is 1. The maximum atomic E-state index is 10.9. The quantitative estimate of drug-likeness (QED) is 0.748. The van der Waals surface area contributed by atoms with Crippen LogP contribution < -0.4 is 0 Å². The molecule has 0 atom stereocenters. The smallest absolute Gasteiger partial charge is 0.354 e. The van der Waals surface area contributed by atoms with Gasteiger partial charge in [-0.1, -0.05) is 12.1 Å². The van der Waals surface area contributed by atoms with E-state index in [4.69, 9.17) is 16.7 Å². The summed E-state index contributed by atoms with van der Waals surface area (Å²) in [6.45, 7) is 0. The fourth-order valence-electron chi connectivity index (χ4n) is 1.36. The molecule has 0 aliphatic heterocycles. The summed E-state index contributed by atoms with van der Waals surface area (Å²) in [6, 6.07) is 6.13. The van der Waals surface area contributed by atoms with Gasteiger partial charge in [0.15, 0.2) is 5.69 Å². The summed E-state index contributed by atoms with van der Waals surface area (Å²) in [5.41, 5.74) is 0.588. The number of aromatic amines is 1. The van der Waals surface area contributed by atoms with Gasteiger partial charge in [-0.2, -0.15) is 0 Å². The van der Waals surface area contributed by atoms with E-state index < -0.39 is 5.97 Å². The Bertz CT molecular complexity index is 551. The number of H-pyrrole nitrogens is 1. The van der Waals surface area contributed by atoms with Crippen LogP contribution in [0.15, 0.2) is 24.3 Å². The molecule has 0 saturated heterocycles.